The Morgan fingerprint density at radius 2 is 2.10 bits per heavy atom. The maximum Gasteiger partial charge on any atom is 0.123 e. The highest BCUT2D eigenvalue weighted by Gasteiger charge is 2.18. The Kier molecular flexibility index (Phi) is 5.99. The lowest BCUT2D eigenvalue weighted by Gasteiger charge is -2.19. The van der Waals surface area contributed by atoms with Crippen LogP contribution < -0.4 is 5.32 Å². The standard InChI is InChI=1S/C15H14BrCl2FN2/c1-2-20-14(15-13(18)7-10(17)8-21-15)6-9-5-11(19)3-4-12(9)16/h3-5,7-8,14,20H,2,6H2,1H3. The predicted molar refractivity (Wildman–Crippen MR) is 88.5 cm³/mol. The second-order valence-corrected chi connectivity index (χ2v) is 6.27. The number of likely N-dealkylation sites (N-methyl/N-ethyl adjacent to an activating group) is 1. The third-order valence-electron chi connectivity index (χ3n) is 3.05. The summed E-state index contributed by atoms with van der Waals surface area (Å²) in [4.78, 5) is 4.31. The van der Waals surface area contributed by atoms with Crippen LogP contribution in [-0.2, 0) is 6.42 Å². The summed E-state index contributed by atoms with van der Waals surface area (Å²) in [7, 11) is 0. The number of hydrogen-bond donors (Lipinski definition) is 1. The molecule has 1 unspecified atom stereocenters. The number of nitrogens with zero attached hydrogens (tertiary/aromatic N) is 1. The molecule has 1 aromatic carbocycles. The lowest BCUT2D eigenvalue weighted by Crippen LogP contribution is -2.24. The zero-order valence-electron chi connectivity index (χ0n) is 11.3. The molecule has 2 rings (SSSR count). The van der Waals surface area contributed by atoms with E-state index in [0.717, 1.165) is 16.6 Å². The minimum atomic E-state index is -0.265. The van der Waals surface area contributed by atoms with E-state index in [9.17, 15) is 4.39 Å². The van der Waals surface area contributed by atoms with Gasteiger partial charge < -0.3 is 5.32 Å². The molecule has 1 atom stereocenters. The van der Waals surface area contributed by atoms with Gasteiger partial charge >= 0.3 is 0 Å². The van der Waals surface area contributed by atoms with Crippen molar-refractivity contribution in [1.82, 2.24) is 10.3 Å². The van der Waals surface area contributed by atoms with Crippen molar-refractivity contribution in [2.24, 2.45) is 0 Å². The molecule has 1 N–H and O–H groups in total. The lowest BCUT2D eigenvalue weighted by atomic mass is 10.0. The summed E-state index contributed by atoms with van der Waals surface area (Å²) < 4.78 is 14.3. The minimum Gasteiger partial charge on any atom is -0.309 e. The highest BCUT2D eigenvalue weighted by molar-refractivity contribution is 9.10. The zero-order valence-corrected chi connectivity index (χ0v) is 14.4. The van der Waals surface area contributed by atoms with E-state index in [2.05, 4.69) is 26.2 Å². The highest BCUT2D eigenvalue weighted by Crippen LogP contribution is 2.28. The summed E-state index contributed by atoms with van der Waals surface area (Å²) in [6.45, 7) is 2.75. The maximum atomic E-state index is 13.4. The Labute approximate surface area is 141 Å². The fourth-order valence-electron chi connectivity index (χ4n) is 2.11. The molecule has 2 nitrogen and oxygen atoms in total. The van der Waals surface area contributed by atoms with Gasteiger partial charge in [-0.25, -0.2) is 4.39 Å². The molecule has 0 aliphatic heterocycles. The van der Waals surface area contributed by atoms with E-state index in [1.54, 1.807) is 18.3 Å². The van der Waals surface area contributed by atoms with Crippen molar-refractivity contribution < 1.29 is 4.39 Å². The first-order valence-corrected chi connectivity index (χ1v) is 8.04. The maximum absolute atomic E-state index is 13.4. The number of aromatic nitrogens is 1. The number of nitrogens with one attached hydrogen (secondary N) is 1. The number of benzene rings is 1. The number of rotatable bonds is 5. The lowest BCUT2D eigenvalue weighted by molar-refractivity contribution is 0.533. The smallest absolute Gasteiger partial charge is 0.123 e. The van der Waals surface area contributed by atoms with Crippen LogP contribution in [0.15, 0.2) is 34.9 Å². The van der Waals surface area contributed by atoms with Crippen molar-refractivity contribution in [2.75, 3.05) is 6.54 Å². The van der Waals surface area contributed by atoms with Gasteiger partial charge in [-0.3, -0.25) is 4.98 Å². The third-order valence-corrected chi connectivity index (χ3v) is 4.33. The first-order valence-electron chi connectivity index (χ1n) is 6.49. The fourth-order valence-corrected chi connectivity index (χ4v) is 3.03. The van der Waals surface area contributed by atoms with Crippen LogP contribution >= 0.6 is 39.1 Å². The molecule has 112 valence electrons. The summed E-state index contributed by atoms with van der Waals surface area (Å²) in [5.74, 6) is -0.265. The SMILES string of the molecule is CCNC(Cc1cc(F)ccc1Br)c1ncc(Cl)cc1Cl. The number of halogens is 4. The van der Waals surface area contributed by atoms with Gasteiger partial charge in [0.2, 0.25) is 0 Å². The molecule has 0 amide bonds. The molecule has 0 aliphatic rings. The Morgan fingerprint density at radius 1 is 1.33 bits per heavy atom. The summed E-state index contributed by atoms with van der Waals surface area (Å²) in [6, 6.07) is 6.18. The molecule has 0 aliphatic carbocycles. The van der Waals surface area contributed by atoms with Gasteiger partial charge in [0.1, 0.15) is 5.82 Å². The van der Waals surface area contributed by atoms with Gasteiger partial charge in [0, 0.05) is 10.7 Å². The van der Waals surface area contributed by atoms with Crippen molar-refractivity contribution in [1.29, 1.82) is 0 Å². The quantitative estimate of drug-likeness (QED) is 0.759. The van der Waals surface area contributed by atoms with Crippen LogP contribution in [0, 0.1) is 5.82 Å². The van der Waals surface area contributed by atoms with Crippen LogP contribution in [0.1, 0.15) is 24.2 Å². The molecule has 0 fully saturated rings. The number of hydrogen-bond acceptors (Lipinski definition) is 2. The minimum absolute atomic E-state index is 0.113. The van der Waals surface area contributed by atoms with E-state index in [0.29, 0.717) is 22.2 Å². The van der Waals surface area contributed by atoms with Gasteiger partial charge in [-0.2, -0.15) is 0 Å². The average molecular weight is 392 g/mol. The second-order valence-electron chi connectivity index (χ2n) is 4.57. The first kappa shape index (κ1) is 16.7. The monoisotopic (exact) mass is 390 g/mol. The largest absolute Gasteiger partial charge is 0.309 e. The average Bonchev–Trinajstić information content (AvgIpc) is 2.42. The normalized spacial score (nSPS) is 12.4. The van der Waals surface area contributed by atoms with Crippen LogP contribution in [0.3, 0.4) is 0 Å². The van der Waals surface area contributed by atoms with Crippen molar-refractivity contribution in [3.63, 3.8) is 0 Å². The van der Waals surface area contributed by atoms with Crippen molar-refractivity contribution in [3.8, 4) is 0 Å². The Morgan fingerprint density at radius 3 is 2.76 bits per heavy atom. The first-order chi connectivity index (χ1) is 10.0. The molecule has 0 saturated carbocycles. The summed E-state index contributed by atoms with van der Waals surface area (Å²) in [5.41, 5.74) is 1.56. The molecular formula is C15H14BrCl2FN2. The van der Waals surface area contributed by atoms with E-state index in [1.807, 2.05) is 6.92 Å². The van der Waals surface area contributed by atoms with Crippen molar-refractivity contribution in [3.05, 3.63) is 62.1 Å². The summed E-state index contributed by atoms with van der Waals surface area (Å²) >= 11 is 15.5. The zero-order chi connectivity index (χ0) is 15.4. The van der Waals surface area contributed by atoms with Crippen LogP contribution in [0.25, 0.3) is 0 Å². The van der Waals surface area contributed by atoms with Gasteiger partial charge in [0.05, 0.1) is 21.8 Å². The van der Waals surface area contributed by atoms with Gasteiger partial charge in [-0.05, 0) is 42.8 Å². The van der Waals surface area contributed by atoms with Gasteiger partial charge in [0.15, 0.2) is 0 Å². The molecule has 0 radical (unpaired) electrons. The summed E-state index contributed by atoms with van der Waals surface area (Å²) in [6.07, 6.45) is 2.13. The van der Waals surface area contributed by atoms with Crippen LogP contribution in [0.4, 0.5) is 4.39 Å². The van der Waals surface area contributed by atoms with E-state index in [-0.39, 0.29) is 11.9 Å². The molecule has 6 heteroatoms. The van der Waals surface area contributed by atoms with E-state index in [4.69, 9.17) is 23.2 Å². The molecule has 0 spiro atoms. The molecule has 2 aromatic rings. The van der Waals surface area contributed by atoms with Crippen molar-refractivity contribution >= 4 is 39.1 Å². The van der Waals surface area contributed by atoms with E-state index < -0.39 is 0 Å². The molecule has 1 heterocycles. The van der Waals surface area contributed by atoms with E-state index >= 15 is 0 Å². The predicted octanol–water partition coefficient (Wildman–Crippen LogP) is 5.18. The number of pyridine rings is 1. The van der Waals surface area contributed by atoms with Gasteiger partial charge in [0.25, 0.3) is 0 Å². The van der Waals surface area contributed by atoms with Gasteiger partial charge in [-0.15, -0.1) is 0 Å². The third kappa shape index (κ3) is 4.39. The molecule has 21 heavy (non-hydrogen) atoms. The molecule has 1 aromatic heterocycles. The summed E-state index contributed by atoms with van der Waals surface area (Å²) in [5, 5.41) is 4.31. The van der Waals surface area contributed by atoms with Crippen LogP contribution in [0.2, 0.25) is 10.0 Å². The van der Waals surface area contributed by atoms with Crippen LogP contribution in [-0.4, -0.2) is 11.5 Å². The molecular weight excluding hydrogens is 378 g/mol. The second kappa shape index (κ2) is 7.54. The van der Waals surface area contributed by atoms with E-state index in [1.165, 1.54) is 12.1 Å². The Balaban J connectivity index is 2.32. The molecule has 0 bridgehead atoms. The molecule has 0 saturated heterocycles. The fraction of sp³-hybridized carbons (Fsp3) is 0.267. The Hall–Kier alpha value is -0.680. The highest BCUT2D eigenvalue weighted by atomic mass is 79.9. The Bertz CT molecular complexity index is 637. The van der Waals surface area contributed by atoms with Gasteiger partial charge in [-0.1, -0.05) is 46.1 Å². The topological polar surface area (TPSA) is 24.9 Å². The van der Waals surface area contributed by atoms with Crippen LogP contribution in [0.5, 0.6) is 0 Å². The van der Waals surface area contributed by atoms with Crippen molar-refractivity contribution in [2.45, 2.75) is 19.4 Å².